The second kappa shape index (κ2) is 7.23. The number of hydrogen-bond donors (Lipinski definition) is 2. The highest BCUT2D eigenvalue weighted by atomic mass is 16.1. The number of nitrogens with one attached hydrogen (secondary N) is 1. The van der Waals surface area contributed by atoms with Crippen molar-refractivity contribution in [2.24, 2.45) is 12.8 Å². The average Bonchev–Trinajstić information content (AvgIpc) is 3.17. The lowest BCUT2D eigenvalue weighted by Gasteiger charge is -2.37. The summed E-state index contributed by atoms with van der Waals surface area (Å²) in [4.78, 5) is 23.5. The number of benzene rings is 1. The van der Waals surface area contributed by atoms with Gasteiger partial charge in [-0.25, -0.2) is 9.97 Å². The number of anilines is 2. The first-order valence-corrected chi connectivity index (χ1v) is 9.72. The minimum absolute atomic E-state index is 0.169. The first-order valence-electron chi connectivity index (χ1n) is 9.72. The Morgan fingerprint density at radius 2 is 1.93 bits per heavy atom. The Hall–Kier alpha value is -3.78. The molecule has 1 aliphatic rings. The summed E-state index contributed by atoms with van der Waals surface area (Å²) < 4.78 is 1.77. The molecule has 3 N–H and O–H groups in total. The summed E-state index contributed by atoms with van der Waals surface area (Å²) >= 11 is 0. The van der Waals surface area contributed by atoms with Crippen LogP contribution in [-0.2, 0) is 7.05 Å². The van der Waals surface area contributed by atoms with Crippen molar-refractivity contribution in [2.75, 3.05) is 23.3 Å². The predicted octanol–water partition coefficient (Wildman–Crippen LogP) is 2.43. The van der Waals surface area contributed by atoms with Crippen LogP contribution in [0, 0.1) is 0 Å². The lowest BCUT2D eigenvalue weighted by molar-refractivity contribution is 0.102. The van der Waals surface area contributed by atoms with Gasteiger partial charge in [-0.2, -0.15) is 5.10 Å². The minimum atomic E-state index is -0.223. The van der Waals surface area contributed by atoms with Gasteiger partial charge in [0.25, 0.3) is 5.91 Å². The van der Waals surface area contributed by atoms with E-state index in [1.807, 2.05) is 37.6 Å². The van der Waals surface area contributed by atoms with Crippen LogP contribution in [0.25, 0.3) is 21.9 Å². The zero-order chi connectivity index (χ0) is 20.7. The van der Waals surface area contributed by atoms with Crippen LogP contribution in [0.15, 0.2) is 61.2 Å². The molecule has 4 heterocycles. The van der Waals surface area contributed by atoms with Crippen LogP contribution in [0.4, 0.5) is 11.6 Å². The van der Waals surface area contributed by atoms with Gasteiger partial charge >= 0.3 is 0 Å². The molecular formula is C22H21N7O. The maximum atomic E-state index is 12.8. The first kappa shape index (κ1) is 18.3. The zero-order valence-corrected chi connectivity index (χ0v) is 16.5. The van der Waals surface area contributed by atoms with Crippen molar-refractivity contribution in [3.05, 3.63) is 66.7 Å². The molecule has 3 aromatic heterocycles. The molecule has 5 rings (SSSR count). The maximum Gasteiger partial charge on any atom is 0.257 e. The third-order valence-corrected chi connectivity index (χ3v) is 5.24. The molecule has 1 aromatic carbocycles. The molecule has 0 aliphatic carbocycles. The smallest absolute Gasteiger partial charge is 0.257 e. The van der Waals surface area contributed by atoms with Crippen LogP contribution in [0.3, 0.4) is 0 Å². The number of hydrogen-bond acceptors (Lipinski definition) is 6. The fourth-order valence-electron chi connectivity index (χ4n) is 3.58. The number of nitrogens with two attached hydrogens (primary N) is 1. The molecule has 1 fully saturated rings. The first-order chi connectivity index (χ1) is 14.5. The second-order valence-electron chi connectivity index (χ2n) is 7.56. The monoisotopic (exact) mass is 399 g/mol. The van der Waals surface area contributed by atoms with Crippen molar-refractivity contribution >= 4 is 28.3 Å². The second-order valence-corrected chi connectivity index (χ2v) is 7.56. The number of rotatable bonds is 4. The molecule has 1 aliphatic heterocycles. The molecule has 0 bridgehead atoms. The average molecular weight is 399 g/mol. The summed E-state index contributed by atoms with van der Waals surface area (Å²) in [6.07, 6.45) is 7.20. The van der Waals surface area contributed by atoms with Gasteiger partial charge in [0.1, 0.15) is 11.6 Å². The summed E-state index contributed by atoms with van der Waals surface area (Å²) in [5.74, 6) is 1.04. The van der Waals surface area contributed by atoms with Crippen LogP contribution in [0.5, 0.6) is 0 Å². The van der Waals surface area contributed by atoms with Gasteiger partial charge in [-0.15, -0.1) is 0 Å². The summed E-state index contributed by atoms with van der Waals surface area (Å²) in [5.41, 5.74) is 8.47. The third-order valence-electron chi connectivity index (χ3n) is 5.24. The highest BCUT2D eigenvalue weighted by Crippen LogP contribution is 2.25. The normalized spacial score (nSPS) is 14.0. The summed E-state index contributed by atoms with van der Waals surface area (Å²) in [7, 11) is 1.89. The van der Waals surface area contributed by atoms with Crippen LogP contribution in [0.2, 0.25) is 0 Å². The molecular weight excluding hydrogens is 378 g/mol. The van der Waals surface area contributed by atoms with E-state index in [1.165, 1.54) is 0 Å². The number of carbonyl (C=O) groups is 1. The van der Waals surface area contributed by atoms with Gasteiger partial charge in [-0.3, -0.25) is 9.48 Å². The standard InChI is InChI=1S/C22H21N7O/c1-28-11-18(10-26-28)14-2-3-16-9-25-20(7-17(16)6-14)27-22(30)15-4-5-24-21(8-15)29-12-19(23)13-29/h2-11,19H,12-13,23H2,1H3,(H,25,27,30). The highest BCUT2D eigenvalue weighted by molar-refractivity contribution is 6.05. The lowest BCUT2D eigenvalue weighted by Crippen LogP contribution is -2.56. The molecule has 30 heavy (non-hydrogen) atoms. The SMILES string of the molecule is Cn1cc(-c2ccc3cnc(NC(=O)c4ccnc(N5CC(N)C5)c4)cc3c2)cn1. The number of fused-ring (bicyclic) bond motifs is 1. The molecule has 8 heteroatoms. The van der Waals surface area contributed by atoms with E-state index in [4.69, 9.17) is 5.73 Å². The molecule has 150 valence electrons. The van der Waals surface area contributed by atoms with E-state index in [0.29, 0.717) is 11.4 Å². The third kappa shape index (κ3) is 3.48. The van der Waals surface area contributed by atoms with Gasteiger partial charge in [-0.1, -0.05) is 12.1 Å². The van der Waals surface area contributed by atoms with Crippen LogP contribution in [0.1, 0.15) is 10.4 Å². The fraction of sp³-hybridized carbons (Fsp3) is 0.182. The van der Waals surface area contributed by atoms with Gasteiger partial charge in [-0.05, 0) is 35.2 Å². The van der Waals surface area contributed by atoms with Gasteiger partial charge in [0.2, 0.25) is 0 Å². The number of aromatic nitrogens is 4. The van der Waals surface area contributed by atoms with Gasteiger partial charge < -0.3 is 16.0 Å². The Morgan fingerprint density at radius 1 is 1.07 bits per heavy atom. The van der Waals surface area contributed by atoms with Crippen LogP contribution in [-0.4, -0.2) is 44.8 Å². The topological polar surface area (TPSA) is 102 Å². The van der Waals surface area contributed by atoms with Gasteiger partial charge in [0.15, 0.2) is 0 Å². The van der Waals surface area contributed by atoms with Gasteiger partial charge in [0.05, 0.1) is 6.20 Å². The number of aryl methyl sites for hydroxylation is 1. The van der Waals surface area contributed by atoms with E-state index in [9.17, 15) is 4.79 Å². The van der Waals surface area contributed by atoms with Crippen LogP contribution < -0.4 is 16.0 Å². The minimum Gasteiger partial charge on any atom is -0.353 e. The molecule has 0 spiro atoms. The van der Waals surface area contributed by atoms with Crippen LogP contribution >= 0.6 is 0 Å². The van der Waals surface area contributed by atoms with Crippen molar-refractivity contribution in [2.45, 2.75) is 6.04 Å². The Kier molecular flexibility index (Phi) is 4.40. The molecule has 1 amide bonds. The Balaban J connectivity index is 1.38. The number of nitrogens with zero attached hydrogens (tertiary/aromatic N) is 5. The molecule has 0 radical (unpaired) electrons. The van der Waals surface area contributed by atoms with Crippen molar-refractivity contribution in [3.8, 4) is 11.1 Å². The number of amides is 1. The summed E-state index contributed by atoms with van der Waals surface area (Å²) in [6, 6.07) is 11.7. The quantitative estimate of drug-likeness (QED) is 0.546. The van der Waals surface area contributed by atoms with E-state index in [2.05, 4.69) is 31.3 Å². The fourth-order valence-corrected chi connectivity index (χ4v) is 3.58. The Bertz CT molecular complexity index is 1240. The van der Waals surface area contributed by atoms with E-state index in [-0.39, 0.29) is 11.9 Å². The zero-order valence-electron chi connectivity index (χ0n) is 16.5. The molecule has 1 saturated heterocycles. The van der Waals surface area contributed by atoms with E-state index in [1.54, 1.807) is 29.2 Å². The Morgan fingerprint density at radius 3 is 2.70 bits per heavy atom. The van der Waals surface area contributed by atoms with Crippen molar-refractivity contribution in [3.63, 3.8) is 0 Å². The van der Waals surface area contributed by atoms with E-state index in [0.717, 1.165) is 40.8 Å². The molecule has 0 unspecified atom stereocenters. The molecule has 0 saturated carbocycles. The van der Waals surface area contributed by atoms with E-state index < -0.39 is 0 Å². The van der Waals surface area contributed by atoms with E-state index >= 15 is 0 Å². The predicted molar refractivity (Wildman–Crippen MR) is 116 cm³/mol. The lowest BCUT2D eigenvalue weighted by atomic mass is 10.1. The molecule has 0 atom stereocenters. The van der Waals surface area contributed by atoms with Gasteiger partial charge in [0, 0.05) is 61.3 Å². The number of pyridine rings is 2. The Labute approximate surface area is 173 Å². The van der Waals surface area contributed by atoms with Crippen molar-refractivity contribution in [1.29, 1.82) is 0 Å². The maximum absolute atomic E-state index is 12.8. The van der Waals surface area contributed by atoms with Crippen molar-refractivity contribution < 1.29 is 4.79 Å². The highest BCUT2D eigenvalue weighted by Gasteiger charge is 2.24. The molecule has 8 nitrogen and oxygen atoms in total. The largest absolute Gasteiger partial charge is 0.353 e. The summed E-state index contributed by atoms with van der Waals surface area (Å²) in [5, 5.41) is 9.11. The van der Waals surface area contributed by atoms with Crippen molar-refractivity contribution in [1.82, 2.24) is 19.7 Å². The summed E-state index contributed by atoms with van der Waals surface area (Å²) in [6.45, 7) is 1.51. The number of carbonyl (C=O) groups excluding carboxylic acids is 1. The molecule has 4 aromatic rings.